The van der Waals surface area contributed by atoms with Crippen molar-refractivity contribution >= 4 is 22.9 Å². The molecule has 0 fully saturated rings. The number of hydrogen-bond acceptors (Lipinski definition) is 6. The van der Waals surface area contributed by atoms with Gasteiger partial charge in [0.1, 0.15) is 16.5 Å². The summed E-state index contributed by atoms with van der Waals surface area (Å²) in [5, 5.41) is 14.1. The summed E-state index contributed by atoms with van der Waals surface area (Å²) in [6.45, 7) is 1.28. The molecular formula is C18H20N6OS. The Hall–Kier alpha value is -2.58. The van der Waals surface area contributed by atoms with Gasteiger partial charge in [0.15, 0.2) is 5.82 Å². The Morgan fingerprint density at radius 1 is 1.27 bits per heavy atom. The van der Waals surface area contributed by atoms with E-state index in [0.717, 1.165) is 48.0 Å². The number of rotatable bonds is 4. The molecule has 0 aliphatic carbocycles. The van der Waals surface area contributed by atoms with Crippen molar-refractivity contribution in [1.29, 1.82) is 0 Å². The monoisotopic (exact) mass is 368 g/mol. The van der Waals surface area contributed by atoms with Gasteiger partial charge >= 0.3 is 0 Å². The van der Waals surface area contributed by atoms with Crippen molar-refractivity contribution in [1.82, 2.24) is 19.7 Å². The highest BCUT2D eigenvalue weighted by molar-refractivity contribution is 7.09. The summed E-state index contributed by atoms with van der Waals surface area (Å²) in [6, 6.07) is 7.69. The van der Waals surface area contributed by atoms with Gasteiger partial charge < -0.3 is 15.6 Å². The smallest absolute Gasteiger partial charge is 0.275 e. The highest BCUT2D eigenvalue weighted by atomic mass is 32.1. The summed E-state index contributed by atoms with van der Waals surface area (Å²) in [5.41, 5.74) is 7.60. The van der Waals surface area contributed by atoms with Crippen molar-refractivity contribution in [2.45, 2.75) is 38.8 Å². The van der Waals surface area contributed by atoms with Crippen LogP contribution in [0.2, 0.25) is 0 Å². The summed E-state index contributed by atoms with van der Waals surface area (Å²) in [6.07, 6.45) is 4.49. The van der Waals surface area contributed by atoms with E-state index in [1.807, 2.05) is 24.3 Å². The lowest BCUT2D eigenvalue weighted by Gasteiger charge is -2.09. The molecule has 1 aliphatic rings. The number of fused-ring (bicyclic) bond motifs is 1. The lowest BCUT2D eigenvalue weighted by atomic mass is 10.2. The maximum atomic E-state index is 12.4. The van der Waals surface area contributed by atoms with Crippen LogP contribution in [-0.4, -0.2) is 25.7 Å². The van der Waals surface area contributed by atoms with Crippen LogP contribution < -0.4 is 11.1 Å². The zero-order valence-corrected chi connectivity index (χ0v) is 15.1. The molecule has 8 heteroatoms. The molecule has 4 rings (SSSR count). The fourth-order valence-electron chi connectivity index (χ4n) is 3.14. The van der Waals surface area contributed by atoms with Gasteiger partial charge in [-0.2, -0.15) is 0 Å². The van der Waals surface area contributed by atoms with Gasteiger partial charge in [0.25, 0.3) is 5.91 Å². The van der Waals surface area contributed by atoms with E-state index in [4.69, 9.17) is 5.73 Å². The summed E-state index contributed by atoms with van der Waals surface area (Å²) in [5.74, 6) is 1.67. The van der Waals surface area contributed by atoms with Crippen LogP contribution in [0.25, 0.3) is 11.4 Å². The number of nitrogens with one attached hydrogen (secondary N) is 1. The van der Waals surface area contributed by atoms with Gasteiger partial charge in [-0.25, -0.2) is 4.98 Å². The maximum absolute atomic E-state index is 12.4. The maximum Gasteiger partial charge on any atom is 0.275 e. The van der Waals surface area contributed by atoms with Gasteiger partial charge in [-0.1, -0.05) is 18.6 Å². The molecule has 0 saturated heterocycles. The van der Waals surface area contributed by atoms with Gasteiger partial charge in [-0.3, -0.25) is 4.79 Å². The Labute approximate surface area is 155 Å². The molecule has 3 heterocycles. The van der Waals surface area contributed by atoms with Crippen molar-refractivity contribution in [2.24, 2.45) is 5.73 Å². The number of thiazole rings is 1. The summed E-state index contributed by atoms with van der Waals surface area (Å²) < 4.78 is 2.20. The highest BCUT2D eigenvalue weighted by Crippen LogP contribution is 2.25. The number of amides is 1. The predicted octanol–water partition coefficient (Wildman–Crippen LogP) is 2.84. The number of aryl methyl sites for hydroxylation is 1. The third-order valence-corrected chi connectivity index (χ3v) is 5.32. The van der Waals surface area contributed by atoms with Gasteiger partial charge in [0, 0.05) is 36.1 Å². The fraction of sp³-hybridized carbons (Fsp3) is 0.333. The largest absolute Gasteiger partial charge is 0.325 e. The van der Waals surface area contributed by atoms with Crippen LogP contribution in [0.15, 0.2) is 29.6 Å². The zero-order valence-electron chi connectivity index (χ0n) is 14.3. The Morgan fingerprint density at radius 3 is 3.04 bits per heavy atom. The third kappa shape index (κ3) is 3.38. The molecule has 0 bridgehead atoms. The summed E-state index contributed by atoms with van der Waals surface area (Å²) in [7, 11) is 0. The third-order valence-electron chi connectivity index (χ3n) is 4.45. The normalized spacial score (nSPS) is 13.9. The number of anilines is 1. The topological polar surface area (TPSA) is 98.7 Å². The van der Waals surface area contributed by atoms with Crippen molar-refractivity contribution in [2.75, 3.05) is 5.32 Å². The summed E-state index contributed by atoms with van der Waals surface area (Å²) >= 11 is 1.39. The van der Waals surface area contributed by atoms with Crippen molar-refractivity contribution in [3.05, 3.63) is 46.2 Å². The molecule has 0 atom stereocenters. The van der Waals surface area contributed by atoms with Crippen LogP contribution >= 0.6 is 11.3 Å². The molecule has 7 nitrogen and oxygen atoms in total. The van der Waals surface area contributed by atoms with Crippen molar-refractivity contribution < 1.29 is 4.79 Å². The van der Waals surface area contributed by atoms with E-state index in [2.05, 4.69) is 25.1 Å². The Kier molecular flexibility index (Phi) is 4.77. The second-order valence-electron chi connectivity index (χ2n) is 6.27. The van der Waals surface area contributed by atoms with E-state index in [9.17, 15) is 4.79 Å². The van der Waals surface area contributed by atoms with Crippen LogP contribution in [0.5, 0.6) is 0 Å². The van der Waals surface area contributed by atoms with Gasteiger partial charge in [0.2, 0.25) is 0 Å². The quantitative estimate of drug-likeness (QED) is 0.738. The summed E-state index contributed by atoms with van der Waals surface area (Å²) in [4.78, 5) is 16.6. The number of carbonyl (C=O) groups is 1. The van der Waals surface area contributed by atoms with Crippen molar-refractivity contribution in [3.63, 3.8) is 0 Å². The first-order valence-electron chi connectivity index (χ1n) is 8.73. The highest BCUT2D eigenvalue weighted by Gasteiger charge is 2.17. The van der Waals surface area contributed by atoms with Crippen LogP contribution in [0.4, 0.5) is 5.69 Å². The number of aromatic nitrogens is 4. The van der Waals surface area contributed by atoms with Gasteiger partial charge in [-0.15, -0.1) is 21.5 Å². The molecule has 26 heavy (non-hydrogen) atoms. The molecule has 0 unspecified atom stereocenters. The number of nitrogens with zero attached hydrogens (tertiary/aromatic N) is 4. The minimum Gasteiger partial charge on any atom is -0.325 e. The molecule has 3 aromatic rings. The van der Waals surface area contributed by atoms with Crippen LogP contribution in [0.1, 0.15) is 40.6 Å². The lowest BCUT2D eigenvalue weighted by Crippen LogP contribution is -2.13. The predicted molar refractivity (Wildman–Crippen MR) is 101 cm³/mol. The molecule has 134 valence electrons. The first kappa shape index (κ1) is 16.9. The van der Waals surface area contributed by atoms with Crippen LogP contribution in [0.3, 0.4) is 0 Å². The first-order valence-corrected chi connectivity index (χ1v) is 9.61. The minimum atomic E-state index is -0.238. The average Bonchev–Trinajstić information content (AvgIpc) is 3.24. The Morgan fingerprint density at radius 2 is 2.19 bits per heavy atom. The van der Waals surface area contributed by atoms with Crippen LogP contribution in [0, 0.1) is 0 Å². The number of hydrogen-bond donors (Lipinski definition) is 2. The van der Waals surface area contributed by atoms with Gasteiger partial charge in [0.05, 0.1) is 0 Å². The van der Waals surface area contributed by atoms with E-state index >= 15 is 0 Å². The number of benzene rings is 1. The molecule has 0 saturated carbocycles. The van der Waals surface area contributed by atoms with Gasteiger partial charge in [-0.05, 0) is 25.0 Å². The minimum absolute atomic E-state index is 0.238. The molecule has 1 aromatic carbocycles. The Balaban J connectivity index is 1.57. The molecule has 2 aromatic heterocycles. The molecule has 3 N–H and O–H groups in total. The number of carbonyl (C=O) groups excluding carboxylic acids is 1. The zero-order chi connectivity index (χ0) is 17.9. The average molecular weight is 368 g/mol. The number of nitrogens with two attached hydrogens (primary N) is 1. The molecular weight excluding hydrogens is 348 g/mol. The van der Waals surface area contributed by atoms with Crippen molar-refractivity contribution in [3.8, 4) is 11.4 Å². The SMILES string of the molecule is NCc1nc(C(=O)Nc2cccc(-c3nnc4n3CCCCC4)c2)cs1. The van der Waals surface area contributed by atoms with E-state index in [1.54, 1.807) is 5.38 Å². The lowest BCUT2D eigenvalue weighted by molar-refractivity contribution is 0.102. The second kappa shape index (κ2) is 7.35. The fourth-order valence-corrected chi connectivity index (χ4v) is 3.79. The second-order valence-corrected chi connectivity index (χ2v) is 7.21. The standard InChI is InChI=1S/C18H20N6OS/c19-10-16-21-14(11-26-16)18(25)20-13-6-4-5-12(9-13)17-23-22-15-7-2-1-3-8-24(15)17/h4-6,9,11H,1-3,7-8,10,19H2,(H,20,25). The molecule has 1 aliphatic heterocycles. The van der Waals surface area contributed by atoms with E-state index in [-0.39, 0.29) is 5.91 Å². The van der Waals surface area contributed by atoms with Crippen LogP contribution in [-0.2, 0) is 19.5 Å². The Bertz CT molecular complexity index is 931. The van der Waals surface area contributed by atoms with E-state index in [1.165, 1.54) is 17.8 Å². The molecule has 1 amide bonds. The van der Waals surface area contributed by atoms with E-state index in [0.29, 0.717) is 17.9 Å². The molecule has 0 spiro atoms. The first-order chi connectivity index (χ1) is 12.7. The molecule has 0 radical (unpaired) electrons. The van der Waals surface area contributed by atoms with E-state index < -0.39 is 0 Å².